The minimum atomic E-state index is -0.975. The molecule has 0 saturated heterocycles. The van der Waals surface area contributed by atoms with E-state index >= 15 is 0 Å². The van der Waals surface area contributed by atoms with Gasteiger partial charge in [-0.25, -0.2) is 4.79 Å². The second-order valence-electron chi connectivity index (χ2n) is 5.09. The molecule has 0 aliphatic carbocycles. The molecule has 0 bridgehead atoms. The number of hydrogen-bond acceptors (Lipinski definition) is 3. The normalized spacial score (nSPS) is 11.0. The highest BCUT2D eigenvalue weighted by molar-refractivity contribution is 5.90. The number of nitrogens with zero attached hydrogens (tertiary/aromatic N) is 2. The first kappa shape index (κ1) is 15.4. The van der Waals surface area contributed by atoms with Gasteiger partial charge in [-0.3, -0.25) is 4.79 Å². The summed E-state index contributed by atoms with van der Waals surface area (Å²) in [4.78, 5) is 25.2. The fourth-order valence-electron chi connectivity index (χ4n) is 2.22. The van der Waals surface area contributed by atoms with Crippen molar-refractivity contribution in [3.8, 4) is 0 Å². The summed E-state index contributed by atoms with van der Waals surface area (Å²) in [5, 5.41) is 9.18. The van der Waals surface area contributed by atoms with Crippen molar-refractivity contribution in [1.29, 1.82) is 0 Å². The highest BCUT2D eigenvalue weighted by atomic mass is 16.4. The molecule has 0 spiro atoms. The molecule has 0 saturated carbocycles. The Morgan fingerprint density at radius 2 is 1.95 bits per heavy atom. The van der Waals surface area contributed by atoms with Crippen LogP contribution in [0.4, 0.5) is 0 Å². The van der Waals surface area contributed by atoms with Crippen LogP contribution in [-0.2, 0) is 6.54 Å². The SMILES string of the molecule is Cc1cc(=O)n(CCCCN(C)C)c(C)c1C(=O)O. The van der Waals surface area contributed by atoms with Crippen molar-refractivity contribution < 1.29 is 9.90 Å². The Bertz CT molecular complexity index is 518. The highest BCUT2D eigenvalue weighted by Crippen LogP contribution is 2.11. The topological polar surface area (TPSA) is 62.5 Å². The largest absolute Gasteiger partial charge is 0.478 e. The predicted molar refractivity (Wildman–Crippen MR) is 74.9 cm³/mol. The van der Waals surface area contributed by atoms with Crippen molar-refractivity contribution in [2.24, 2.45) is 0 Å². The molecule has 1 aromatic rings. The van der Waals surface area contributed by atoms with Gasteiger partial charge in [0.1, 0.15) is 0 Å². The standard InChI is InChI=1S/C14H22N2O3/c1-10-9-12(17)16(8-6-5-7-15(3)4)11(2)13(10)14(18)19/h9H,5-8H2,1-4H3,(H,18,19). The van der Waals surface area contributed by atoms with E-state index in [1.54, 1.807) is 18.4 Å². The second kappa shape index (κ2) is 6.52. The van der Waals surface area contributed by atoms with Gasteiger partial charge in [-0.2, -0.15) is 0 Å². The third kappa shape index (κ3) is 3.92. The highest BCUT2D eigenvalue weighted by Gasteiger charge is 2.15. The molecule has 0 unspecified atom stereocenters. The average molecular weight is 266 g/mol. The molecule has 0 radical (unpaired) electrons. The summed E-state index contributed by atoms with van der Waals surface area (Å²) in [7, 11) is 4.01. The smallest absolute Gasteiger partial charge is 0.337 e. The van der Waals surface area contributed by atoms with Crippen molar-refractivity contribution >= 4 is 5.97 Å². The summed E-state index contributed by atoms with van der Waals surface area (Å²) < 4.78 is 1.56. The molecular weight excluding hydrogens is 244 g/mol. The zero-order valence-corrected chi connectivity index (χ0v) is 12.1. The van der Waals surface area contributed by atoms with E-state index in [9.17, 15) is 14.7 Å². The summed E-state index contributed by atoms with van der Waals surface area (Å²) >= 11 is 0. The molecular formula is C14H22N2O3. The van der Waals surface area contributed by atoms with Crippen molar-refractivity contribution in [2.75, 3.05) is 20.6 Å². The maximum Gasteiger partial charge on any atom is 0.337 e. The number of carboxylic acids is 1. The number of carbonyl (C=O) groups is 1. The van der Waals surface area contributed by atoms with Crippen LogP contribution < -0.4 is 5.56 Å². The van der Waals surface area contributed by atoms with Crippen LogP contribution in [0.5, 0.6) is 0 Å². The monoisotopic (exact) mass is 266 g/mol. The van der Waals surface area contributed by atoms with Crippen LogP contribution in [0.2, 0.25) is 0 Å². The number of aromatic nitrogens is 1. The van der Waals surface area contributed by atoms with E-state index in [0.29, 0.717) is 17.8 Å². The van der Waals surface area contributed by atoms with Gasteiger partial charge in [-0.1, -0.05) is 0 Å². The Labute approximate surface area is 113 Å². The number of unbranched alkanes of at least 4 members (excludes halogenated alkanes) is 1. The summed E-state index contributed by atoms with van der Waals surface area (Å²) in [5.74, 6) is -0.975. The number of rotatable bonds is 6. The van der Waals surface area contributed by atoms with E-state index in [1.807, 2.05) is 14.1 Å². The van der Waals surface area contributed by atoms with Gasteiger partial charge in [0.15, 0.2) is 0 Å². The zero-order valence-electron chi connectivity index (χ0n) is 12.1. The quantitative estimate of drug-likeness (QED) is 0.793. The molecule has 0 atom stereocenters. The van der Waals surface area contributed by atoms with Gasteiger partial charge in [-0.05, 0) is 52.9 Å². The fraction of sp³-hybridized carbons (Fsp3) is 0.571. The van der Waals surface area contributed by atoms with Crippen molar-refractivity contribution in [3.05, 3.63) is 33.2 Å². The van der Waals surface area contributed by atoms with E-state index < -0.39 is 5.97 Å². The van der Waals surface area contributed by atoms with E-state index in [0.717, 1.165) is 19.4 Å². The van der Waals surface area contributed by atoms with Crippen LogP contribution in [0.1, 0.15) is 34.5 Å². The Kier molecular flexibility index (Phi) is 5.30. The number of aromatic carboxylic acids is 1. The molecule has 0 aromatic carbocycles. The zero-order chi connectivity index (χ0) is 14.6. The number of carboxylic acid groups (broad SMARTS) is 1. The Balaban J connectivity index is 2.92. The van der Waals surface area contributed by atoms with Gasteiger partial charge in [-0.15, -0.1) is 0 Å². The molecule has 0 aliphatic heterocycles. The molecule has 106 valence electrons. The number of hydrogen-bond donors (Lipinski definition) is 1. The van der Waals surface area contributed by atoms with Crippen LogP contribution in [0.25, 0.3) is 0 Å². The van der Waals surface area contributed by atoms with Crippen LogP contribution in [0.3, 0.4) is 0 Å². The number of aryl methyl sites for hydroxylation is 1. The van der Waals surface area contributed by atoms with E-state index in [1.165, 1.54) is 6.07 Å². The molecule has 0 fully saturated rings. The minimum Gasteiger partial charge on any atom is -0.478 e. The molecule has 1 aromatic heterocycles. The van der Waals surface area contributed by atoms with E-state index in [-0.39, 0.29) is 11.1 Å². The lowest BCUT2D eigenvalue weighted by molar-refractivity contribution is 0.0694. The molecule has 0 aliphatic rings. The summed E-state index contributed by atoms with van der Waals surface area (Å²) in [5.41, 5.74) is 1.19. The molecule has 5 heteroatoms. The summed E-state index contributed by atoms with van der Waals surface area (Å²) in [6.07, 6.45) is 1.84. The lowest BCUT2D eigenvalue weighted by atomic mass is 10.1. The van der Waals surface area contributed by atoms with Crippen LogP contribution in [0, 0.1) is 13.8 Å². The molecule has 1 N–H and O–H groups in total. The fourth-order valence-corrected chi connectivity index (χ4v) is 2.22. The van der Waals surface area contributed by atoms with Crippen LogP contribution in [0.15, 0.2) is 10.9 Å². The van der Waals surface area contributed by atoms with Crippen LogP contribution >= 0.6 is 0 Å². The molecule has 19 heavy (non-hydrogen) atoms. The Morgan fingerprint density at radius 3 is 2.47 bits per heavy atom. The molecule has 0 amide bonds. The minimum absolute atomic E-state index is 0.121. The predicted octanol–water partition coefficient (Wildman–Crippen LogP) is 1.51. The maximum atomic E-state index is 11.9. The van der Waals surface area contributed by atoms with Gasteiger partial charge < -0.3 is 14.6 Å². The molecule has 1 heterocycles. The average Bonchev–Trinajstić information content (AvgIpc) is 2.26. The second-order valence-corrected chi connectivity index (χ2v) is 5.09. The third-order valence-corrected chi connectivity index (χ3v) is 3.22. The van der Waals surface area contributed by atoms with Gasteiger partial charge >= 0.3 is 5.97 Å². The van der Waals surface area contributed by atoms with E-state index in [4.69, 9.17) is 0 Å². The number of pyridine rings is 1. The Morgan fingerprint density at radius 1 is 1.32 bits per heavy atom. The van der Waals surface area contributed by atoms with Gasteiger partial charge in [0.25, 0.3) is 5.56 Å². The third-order valence-electron chi connectivity index (χ3n) is 3.22. The van der Waals surface area contributed by atoms with Crippen molar-refractivity contribution in [1.82, 2.24) is 9.47 Å². The molecule has 5 nitrogen and oxygen atoms in total. The molecule has 1 rings (SSSR count). The lowest BCUT2D eigenvalue weighted by Crippen LogP contribution is -2.26. The summed E-state index contributed by atoms with van der Waals surface area (Å²) in [6.45, 7) is 4.89. The first-order valence-electron chi connectivity index (χ1n) is 6.43. The van der Waals surface area contributed by atoms with Crippen molar-refractivity contribution in [3.63, 3.8) is 0 Å². The first-order valence-corrected chi connectivity index (χ1v) is 6.43. The lowest BCUT2D eigenvalue weighted by Gasteiger charge is -2.14. The van der Waals surface area contributed by atoms with Gasteiger partial charge in [0.2, 0.25) is 0 Å². The summed E-state index contributed by atoms with van der Waals surface area (Å²) in [6, 6.07) is 1.41. The Hall–Kier alpha value is -1.62. The van der Waals surface area contributed by atoms with Gasteiger partial charge in [0, 0.05) is 18.3 Å². The maximum absolute atomic E-state index is 11.9. The van der Waals surface area contributed by atoms with Crippen LogP contribution in [-0.4, -0.2) is 41.2 Å². The van der Waals surface area contributed by atoms with E-state index in [2.05, 4.69) is 4.90 Å². The van der Waals surface area contributed by atoms with Crippen molar-refractivity contribution in [2.45, 2.75) is 33.2 Å². The first-order chi connectivity index (χ1) is 8.84. The van der Waals surface area contributed by atoms with Gasteiger partial charge in [0.05, 0.1) is 5.56 Å².